The molecule has 0 aromatic heterocycles. The summed E-state index contributed by atoms with van der Waals surface area (Å²) in [6, 6.07) is 11.5. The molecule has 0 heterocycles. The predicted molar refractivity (Wildman–Crippen MR) is 104 cm³/mol. The molecule has 2 aromatic rings. The molecule has 0 saturated carbocycles. The van der Waals surface area contributed by atoms with E-state index in [0.29, 0.717) is 25.4 Å². The number of nitrogens with one attached hydrogen (secondary N) is 1. The molecule has 5 nitrogen and oxygen atoms in total. The Balaban J connectivity index is 1.74. The van der Waals surface area contributed by atoms with Crippen molar-refractivity contribution in [3.05, 3.63) is 58.7 Å². The van der Waals surface area contributed by atoms with Crippen LogP contribution in [0.4, 0.5) is 0 Å². The first kappa shape index (κ1) is 19.8. The summed E-state index contributed by atoms with van der Waals surface area (Å²) in [5, 5.41) is 12.8. The highest BCUT2D eigenvalue weighted by molar-refractivity contribution is 5.78. The van der Waals surface area contributed by atoms with Crippen molar-refractivity contribution in [3.63, 3.8) is 0 Å². The molecule has 0 bridgehead atoms. The number of ether oxygens (including phenoxy) is 1. The molecule has 0 spiro atoms. The van der Waals surface area contributed by atoms with Gasteiger partial charge in [-0.2, -0.15) is 0 Å². The Morgan fingerprint density at radius 2 is 1.88 bits per heavy atom. The average molecular weight is 356 g/mol. The molecule has 140 valence electrons. The third kappa shape index (κ3) is 6.08. The normalized spacial score (nSPS) is 10.6. The monoisotopic (exact) mass is 356 g/mol. The molecule has 0 radical (unpaired) electrons. The SMILES string of the molecule is Cc1ccc(CCCNC(=O)Cc2ccc(OCCN)c(O)c2)cc1C. The van der Waals surface area contributed by atoms with Crippen LogP contribution in [0.5, 0.6) is 11.5 Å². The third-order valence-corrected chi connectivity index (χ3v) is 4.30. The maximum absolute atomic E-state index is 12.1. The van der Waals surface area contributed by atoms with E-state index in [1.807, 2.05) is 0 Å². The van der Waals surface area contributed by atoms with Crippen molar-refractivity contribution in [2.45, 2.75) is 33.1 Å². The highest BCUT2D eigenvalue weighted by Gasteiger charge is 2.07. The third-order valence-electron chi connectivity index (χ3n) is 4.30. The smallest absolute Gasteiger partial charge is 0.224 e. The number of hydrogen-bond donors (Lipinski definition) is 3. The molecule has 0 aliphatic rings. The van der Waals surface area contributed by atoms with E-state index < -0.39 is 0 Å². The lowest BCUT2D eigenvalue weighted by molar-refractivity contribution is -0.120. The molecule has 0 saturated heterocycles. The second-order valence-corrected chi connectivity index (χ2v) is 6.49. The van der Waals surface area contributed by atoms with Crippen molar-refractivity contribution in [2.75, 3.05) is 19.7 Å². The van der Waals surface area contributed by atoms with E-state index in [1.165, 1.54) is 16.7 Å². The predicted octanol–water partition coefficient (Wildman–Crippen LogP) is 2.64. The molecule has 0 unspecified atom stereocenters. The van der Waals surface area contributed by atoms with Gasteiger partial charge in [0.05, 0.1) is 6.42 Å². The first-order chi connectivity index (χ1) is 12.5. The fourth-order valence-corrected chi connectivity index (χ4v) is 2.69. The molecular weight excluding hydrogens is 328 g/mol. The number of nitrogens with two attached hydrogens (primary N) is 1. The molecular formula is C21H28N2O3. The lowest BCUT2D eigenvalue weighted by Crippen LogP contribution is -2.26. The van der Waals surface area contributed by atoms with Crippen LogP contribution in [-0.4, -0.2) is 30.7 Å². The Morgan fingerprint density at radius 1 is 1.12 bits per heavy atom. The minimum atomic E-state index is -0.0555. The summed E-state index contributed by atoms with van der Waals surface area (Å²) in [5.74, 6) is 0.353. The number of phenols is 1. The molecule has 0 fully saturated rings. The van der Waals surface area contributed by atoms with Crippen LogP contribution >= 0.6 is 0 Å². The summed E-state index contributed by atoms with van der Waals surface area (Å²) in [4.78, 5) is 12.1. The summed E-state index contributed by atoms with van der Waals surface area (Å²) < 4.78 is 5.31. The number of carbonyl (C=O) groups excluding carboxylic acids is 1. The van der Waals surface area contributed by atoms with Crippen molar-refractivity contribution >= 4 is 5.91 Å². The Bertz CT molecular complexity index is 744. The van der Waals surface area contributed by atoms with E-state index >= 15 is 0 Å². The van der Waals surface area contributed by atoms with Crippen LogP contribution in [0, 0.1) is 13.8 Å². The van der Waals surface area contributed by atoms with Crippen LogP contribution in [0.3, 0.4) is 0 Å². The van der Waals surface area contributed by atoms with Crippen molar-refractivity contribution in [3.8, 4) is 11.5 Å². The molecule has 1 amide bonds. The van der Waals surface area contributed by atoms with E-state index in [9.17, 15) is 9.90 Å². The van der Waals surface area contributed by atoms with Crippen LogP contribution in [0.1, 0.15) is 28.7 Å². The van der Waals surface area contributed by atoms with Crippen LogP contribution in [0.15, 0.2) is 36.4 Å². The van der Waals surface area contributed by atoms with Gasteiger partial charge < -0.3 is 20.9 Å². The molecule has 26 heavy (non-hydrogen) atoms. The first-order valence-corrected chi connectivity index (χ1v) is 8.97. The number of carbonyl (C=O) groups is 1. The average Bonchev–Trinajstić information content (AvgIpc) is 2.61. The zero-order valence-electron chi connectivity index (χ0n) is 15.5. The summed E-state index contributed by atoms with van der Waals surface area (Å²) >= 11 is 0. The molecule has 0 atom stereocenters. The van der Waals surface area contributed by atoms with Gasteiger partial charge in [0.1, 0.15) is 6.61 Å². The number of benzene rings is 2. The lowest BCUT2D eigenvalue weighted by atomic mass is 10.0. The van der Waals surface area contributed by atoms with E-state index in [0.717, 1.165) is 18.4 Å². The Hall–Kier alpha value is -2.53. The minimum absolute atomic E-state index is 0.0264. The van der Waals surface area contributed by atoms with E-state index in [-0.39, 0.29) is 18.1 Å². The number of aromatic hydroxyl groups is 1. The van der Waals surface area contributed by atoms with Gasteiger partial charge in [0.2, 0.25) is 5.91 Å². The van der Waals surface area contributed by atoms with E-state index in [1.54, 1.807) is 18.2 Å². The summed E-state index contributed by atoms with van der Waals surface area (Å²) in [6.45, 7) is 5.57. The zero-order valence-corrected chi connectivity index (χ0v) is 15.5. The van der Waals surface area contributed by atoms with Crippen LogP contribution in [-0.2, 0) is 17.6 Å². The molecule has 0 aliphatic heterocycles. The summed E-state index contributed by atoms with van der Waals surface area (Å²) in [5.41, 5.74) is 10.0. The topological polar surface area (TPSA) is 84.6 Å². The van der Waals surface area contributed by atoms with Crippen molar-refractivity contribution in [1.29, 1.82) is 0 Å². The summed E-state index contributed by atoms with van der Waals surface area (Å²) in [6.07, 6.45) is 2.06. The number of aryl methyl sites for hydroxylation is 3. The highest BCUT2D eigenvalue weighted by atomic mass is 16.5. The van der Waals surface area contributed by atoms with Gasteiger partial charge in [-0.1, -0.05) is 24.3 Å². The molecule has 4 N–H and O–H groups in total. The van der Waals surface area contributed by atoms with Crippen LogP contribution in [0.2, 0.25) is 0 Å². The maximum Gasteiger partial charge on any atom is 0.224 e. The van der Waals surface area contributed by atoms with Crippen molar-refractivity contribution in [1.82, 2.24) is 5.32 Å². The standard InChI is InChI=1S/C21H28N2O3/c1-15-5-6-17(12-16(15)2)4-3-10-23-21(25)14-18-7-8-20(19(24)13-18)26-11-9-22/h5-8,12-13,24H,3-4,9-11,14,22H2,1-2H3,(H,23,25). The fraction of sp³-hybridized carbons (Fsp3) is 0.381. The zero-order chi connectivity index (χ0) is 18.9. The van der Waals surface area contributed by atoms with Gasteiger partial charge in [0.25, 0.3) is 0 Å². The van der Waals surface area contributed by atoms with Gasteiger partial charge in [0.15, 0.2) is 11.5 Å². The van der Waals surface area contributed by atoms with Gasteiger partial charge in [-0.25, -0.2) is 0 Å². The highest BCUT2D eigenvalue weighted by Crippen LogP contribution is 2.26. The van der Waals surface area contributed by atoms with Gasteiger partial charge in [-0.3, -0.25) is 4.79 Å². The Kier molecular flexibility index (Phi) is 7.48. The van der Waals surface area contributed by atoms with Gasteiger partial charge in [0, 0.05) is 13.1 Å². The van der Waals surface area contributed by atoms with Crippen LogP contribution in [0.25, 0.3) is 0 Å². The van der Waals surface area contributed by atoms with Gasteiger partial charge >= 0.3 is 0 Å². The van der Waals surface area contributed by atoms with E-state index in [4.69, 9.17) is 10.5 Å². The maximum atomic E-state index is 12.1. The molecule has 5 heteroatoms. The minimum Gasteiger partial charge on any atom is -0.504 e. The number of hydrogen-bond acceptors (Lipinski definition) is 4. The Morgan fingerprint density at radius 3 is 2.58 bits per heavy atom. The molecule has 2 rings (SSSR count). The molecule has 0 aliphatic carbocycles. The van der Waals surface area contributed by atoms with Gasteiger partial charge in [-0.15, -0.1) is 0 Å². The van der Waals surface area contributed by atoms with Crippen LogP contribution < -0.4 is 15.8 Å². The Labute approximate surface area is 155 Å². The van der Waals surface area contributed by atoms with Gasteiger partial charge in [-0.05, 0) is 61.1 Å². The van der Waals surface area contributed by atoms with Crippen molar-refractivity contribution < 1.29 is 14.6 Å². The van der Waals surface area contributed by atoms with E-state index in [2.05, 4.69) is 37.4 Å². The number of rotatable bonds is 9. The number of amides is 1. The largest absolute Gasteiger partial charge is 0.504 e. The quantitative estimate of drug-likeness (QED) is 0.603. The number of phenolic OH excluding ortho intramolecular Hbond substituents is 1. The fourth-order valence-electron chi connectivity index (χ4n) is 2.69. The first-order valence-electron chi connectivity index (χ1n) is 8.97. The van der Waals surface area contributed by atoms with Crippen molar-refractivity contribution in [2.24, 2.45) is 5.73 Å². The lowest BCUT2D eigenvalue weighted by Gasteiger charge is -2.09. The summed E-state index contributed by atoms with van der Waals surface area (Å²) in [7, 11) is 0. The molecule has 2 aromatic carbocycles. The second kappa shape index (κ2) is 9.82. The second-order valence-electron chi connectivity index (χ2n) is 6.49.